The van der Waals surface area contributed by atoms with Crippen LogP contribution in [-0.4, -0.2) is 69.8 Å². The van der Waals surface area contributed by atoms with Crippen molar-refractivity contribution >= 4 is 32.9 Å². The summed E-state index contributed by atoms with van der Waals surface area (Å²) < 4.78 is 44.3. The van der Waals surface area contributed by atoms with Crippen LogP contribution in [0, 0.1) is 0 Å². The lowest BCUT2D eigenvalue weighted by Gasteiger charge is -2.43. The first-order valence-electron chi connectivity index (χ1n) is 18.8. The number of ether oxygens (including phenoxy) is 5. The molecule has 4 N–H and O–H groups in total. The van der Waals surface area contributed by atoms with Crippen LogP contribution in [0.4, 0.5) is 0 Å². The van der Waals surface area contributed by atoms with Crippen LogP contribution in [0.2, 0.25) is 0 Å². The van der Waals surface area contributed by atoms with Crippen LogP contribution in [-0.2, 0) is 9.47 Å². The van der Waals surface area contributed by atoms with Crippen molar-refractivity contribution in [3.63, 3.8) is 0 Å². The maximum atomic E-state index is 11.6. The minimum Gasteiger partial charge on any atom is -0.485 e. The van der Waals surface area contributed by atoms with Crippen LogP contribution in [0.3, 0.4) is 0 Å². The molecule has 6 heterocycles. The third-order valence-electron chi connectivity index (χ3n) is 10.9. The van der Waals surface area contributed by atoms with E-state index in [4.69, 9.17) is 36.9 Å². The smallest absolute Gasteiger partial charge is 0.336 e. The van der Waals surface area contributed by atoms with Gasteiger partial charge in [0.05, 0.1) is 16.7 Å². The highest BCUT2D eigenvalue weighted by Crippen LogP contribution is 2.47. The van der Waals surface area contributed by atoms with E-state index in [0.29, 0.717) is 44.7 Å². The van der Waals surface area contributed by atoms with E-state index in [1.54, 1.807) is 84.4 Å². The lowest BCUT2D eigenvalue weighted by atomic mass is 9.87. The molecule has 0 fully saturated rings. The van der Waals surface area contributed by atoms with Crippen LogP contribution in [0.15, 0.2) is 100 Å². The maximum Gasteiger partial charge on any atom is 0.336 e. The minimum atomic E-state index is -1.16. The Bertz CT molecular complexity index is 2600. The number of aliphatic hydroxyl groups excluding tert-OH is 4. The zero-order chi connectivity index (χ0) is 42.8. The summed E-state index contributed by atoms with van der Waals surface area (Å²) in [5.41, 5.74) is -1.41. The number of fused-ring (bicyclic) bond motifs is 9. The van der Waals surface area contributed by atoms with Gasteiger partial charge in [0.25, 0.3) is 0 Å². The highest BCUT2D eigenvalue weighted by Gasteiger charge is 2.47. The molecule has 15 nitrogen and oxygen atoms in total. The Hall–Kier alpha value is -5.55. The third-order valence-corrected chi connectivity index (χ3v) is 10.9. The summed E-state index contributed by atoms with van der Waals surface area (Å²) in [6.07, 6.45) is -5.21. The largest absolute Gasteiger partial charge is 0.485 e. The van der Waals surface area contributed by atoms with Gasteiger partial charge < -0.3 is 57.4 Å². The van der Waals surface area contributed by atoms with E-state index >= 15 is 0 Å². The van der Waals surface area contributed by atoms with E-state index in [1.165, 1.54) is 18.2 Å². The van der Waals surface area contributed by atoms with Gasteiger partial charge in [-0.3, -0.25) is 0 Å². The number of aliphatic hydroxyl groups is 4. The van der Waals surface area contributed by atoms with Gasteiger partial charge in [0.15, 0.2) is 0 Å². The van der Waals surface area contributed by atoms with Gasteiger partial charge in [0.1, 0.15) is 87.4 Å². The van der Waals surface area contributed by atoms with Gasteiger partial charge in [-0.25, -0.2) is 14.4 Å². The van der Waals surface area contributed by atoms with Crippen molar-refractivity contribution in [1.82, 2.24) is 0 Å². The maximum absolute atomic E-state index is 11.6. The molecule has 0 amide bonds. The molecule has 0 spiro atoms. The SMILES string of the molecule is CC1(C)Oc2ccc3ccc(=O)oc3c2[C@@H](O)[C@H]1O.CC1(C)Oc2ccc3ccc(=O)oc3c2[C@H](O)[C@H]1O.CO[C@@H]1c2c(ccc3ccc(=O)oc23)OC(C)(C)[C@@H]1OC. The second kappa shape index (κ2) is 15.2. The molecule has 0 saturated carbocycles. The molecule has 3 aliphatic heterocycles. The van der Waals surface area contributed by atoms with Crippen molar-refractivity contribution in [3.05, 3.63) is 121 Å². The number of hydrogen-bond donors (Lipinski definition) is 4. The second-order valence-electron chi connectivity index (χ2n) is 16.2. The van der Waals surface area contributed by atoms with Gasteiger partial charge in [-0.05, 0) is 96.1 Å². The van der Waals surface area contributed by atoms with E-state index in [2.05, 4.69) is 0 Å². The summed E-state index contributed by atoms with van der Waals surface area (Å²) in [6, 6.07) is 19.6. The lowest BCUT2D eigenvalue weighted by Crippen LogP contribution is -2.50. The topological polar surface area (TPSA) is 218 Å². The molecule has 15 heteroatoms. The average Bonchev–Trinajstić information content (AvgIpc) is 3.17. The Balaban J connectivity index is 0.000000134. The first-order chi connectivity index (χ1) is 27.8. The third kappa shape index (κ3) is 7.50. The summed E-state index contributed by atoms with van der Waals surface area (Å²) in [5.74, 6) is 1.50. The normalized spacial score (nSPS) is 24.4. The van der Waals surface area contributed by atoms with Gasteiger partial charge in [0, 0.05) is 48.6 Å². The Labute approximate surface area is 336 Å². The fourth-order valence-electron chi connectivity index (χ4n) is 7.77. The number of methoxy groups -OCH3 is 2. The van der Waals surface area contributed by atoms with Gasteiger partial charge >= 0.3 is 16.9 Å². The van der Waals surface area contributed by atoms with Crippen LogP contribution in [0.1, 0.15) is 76.5 Å². The van der Waals surface area contributed by atoms with Gasteiger partial charge in [-0.2, -0.15) is 0 Å². The van der Waals surface area contributed by atoms with Crippen LogP contribution < -0.4 is 31.1 Å². The zero-order valence-electron chi connectivity index (χ0n) is 33.7. The highest BCUT2D eigenvalue weighted by atomic mass is 16.6. The Morgan fingerprint density at radius 2 is 0.780 bits per heavy atom. The summed E-state index contributed by atoms with van der Waals surface area (Å²) in [5, 5.41) is 42.9. The molecule has 0 saturated heterocycles. The van der Waals surface area contributed by atoms with Crippen molar-refractivity contribution in [2.45, 2.75) is 95.0 Å². The van der Waals surface area contributed by atoms with Gasteiger partial charge in [-0.1, -0.05) is 0 Å². The Morgan fingerprint density at radius 1 is 0.458 bits per heavy atom. The van der Waals surface area contributed by atoms with Crippen LogP contribution in [0.25, 0.3) is 32.9 Å². The monoisotopic (exact) mass is 814 g/mol. The second-order valence-corrected chi connectivity index (χ2v) is 16.2. The van der Waals surface area contributed by atoms with Crippen LogP contribution >= 0.6 is 0 Å². The van der Waals surface area contributed by atoms with Crippen molar-refractivity contribution in [2.24, 2.45) is 0 Å². The molecule has 9 rings (SSSR count). The molecule has 6 atom stereocenters. The van der Waals surface area contributed by atoms with E-state index in [9.17, 15) is 34.8 Å². The summed E-state index contributed by atoms with van der Waals surface area (Å²) in [4.78, 5) is 34.2. The molecule has 59 heavy (non-hydrogen) atoms. The molecule has 0 radical (unpaired) electrons. The molecule has 3 aliphatic rings. The Morgan fingerprint density at radius 3 is 1.14 bits per heavy atom. The van der Waals surface area contributed by atoms with Crippen molar-refractivity contribution in [3.8, 4) is 17.2 Å². The predicted molar refractivity (Wildman–Crippen MR) is 214 cm³/mol. The summed E-state index contributed by atoms with van der Waals surface area (Å²) in [6.45, 7) is 10.7. The fourth-order valence-corrected chi connectivity index (χ4v) is 7.77. The zero-order valence-corrected chi connectivity index (χ0v) is 33.7. The van der Waals surface area contributed by atoms with E-state index in [0.717, 1.165) is 10.9 Å². The Kier molecular flexibility index (Phi) is 10.7. The lowest BCUT2D eigenvalue weighted by molar-refractivity contribution is -0.139. The molecular formula is C44H46O15. The predicted octanol–water partition coefficient (Wildman–Crippen LogP) is 5.38. The van der Waals surface area contributed by atoms with Gasteiger partial charge in [0.2, 0.25) is 0 Å². The molecule has 0 bridgehead atoms. The molecule has 0 aliphatic carbocycles. The van der Waals surface area contributed by atoms with Crippen molar-refractivity contribution < 1.29 is 57.4 Å². The first kappa shape index (κ1) is 41.6. The van der Waals surface area contributed by atoms with Crippen molar-refractivity contribution in [1.29, 1.82) is 0 Å². The molecule has 312 valence electrons. The first-order valence-corrected chi connectivity index (χ1v) is 18.8. The number of hydrogen-bond acceptors (Lipinski definition) is 15. The molecule has 3 aromatic carbocycles. The quantitative estimate of drug-likeness (QED) is 0.161. The number of benzene rings is 3. The van der Waals surface area contributed by atoms with Crippen molar-refractivity contribution in [2.75, 3.05) is 14.2 Å². The van der Waals surface area contributed by atoms with Gasteiger partial charge in [-0.15, -0.1) is 0 Å². The minimum absolute atomic E-state index is 0.257. The average molecular weight is 815 g/mol. The highest BCUT2D eigenvalue weighted by molar-refractivity contribution is 5.84. The fraction of sp³-hybridized carbons (Fsp3) is 0.386. The summed E-state index contributed by atoms with van der Waals surface area (Å²) in [7, 11) is 3.23. The van der Waals surface area contributed by atoms with E-state index in [-0.39, 0.29) is 23.4 Å². The van der Waals surface area contributed by atoms with Crippen LogP contribution in [0.5, 0.6) is 17.2 Å². The van der Waals surface area contributed by atoms with E-state index < -0.39 is 58.1 Å². The van der Waals surface area contributed by atoms with E-state index in [1.807, 2.05) is 26.0 Å². The summed E-state index contributed by atoms with van der Waals surface area (Å²) >= 11 is 0. The molecule has 3 aromatic heterocycles. The molecule has 6 aromatic rings. The molecule has 0 unspecified atom stereocenters. The number of rotatable bonds is 2. The standard InChI is InChI=1S/C16H18O5.2C14H14O5/c1-16(2)15(19-4)14(18-3)12-10(21-16)7-5-9-6-8-11(17)20-13(9)12;2*1-14(2)13(17)11(16)10-8(19-14)5-3-7-4-6-9(15)18-12(7)10/h5-8,14-15H,1-4H3;2*3-6,11,13,16-17H,1-2H3/t14-,15-;11-,13+;11-,13-/m101/s1. The molecular weight excluding hydrogens is 768 g/mol.